The first-order chi connectivity index (χ1) is 9.65. The summed E-state index contributed by atoms with van der Waals surface area (Å²) < 4.78 is 0. The molecule has 2 aromatic rings. The number of carbonyl (C=O) groups excluding carboxylic acids is 1. The van der Waals surface area contributed by atoms with Crippen LogP contribution in [0.4, 0.5) is 5.69 Å². The summed E-state index contributed by atoms with van der Waals surface area (Å²) in [7, 11) is 0. The lowest BCUT2D eigenvalue weighted by molar-refractivity contribution is -0.116. The summed E-state index contributed by atoms with van der Waals surface area (Å²) >= 11 is 6.03. The summed E-state index contributed by atoms with van der Waals surface area (Å²) in [6.07, 6.45) is 2.39. The Kier molecular flexibility index (Phi) is 3.33. The third-order valence-corrected chi connectivity index (χ3v) is 3.61. The molecular weight excluding hydrogens is 270 g/mol. The van der Waals surface area contributed by atoms with E-state index in [1.807, 2.05) is 43.3 Å². The third-order valence-electron chi connectivity index (χ3n) is 3.37. The highest BCUT2D eigenvalue weighted by atomic mass is 35.5. The van der Waals surface area contributed by atoms with E-state index in [4.69, 9.17) is 11.6 Å². The van der Waals surface area contributed by atoms with Crippen LogP contribution in [-0.4, -0.2) is 5.91 Å². The molecule has 1 amide bonds. The minimum absolute atomic E-state index is 0.0721. The Morgan fingerprint density at radius 3 is 2.55 bits per heavy atom. The van der Waals surface area contributed by atoms with E-state index in [1.54, 1.807) is 11.0 Å². The van der Waals surface area contributed by atoms with Gasteiger partial charge in [0.1, 0.15) is 0 Å². The molecule has 2 aromatic carbocycles. The van der Waals surface area contributed by atoms with Crippen LogP contribution in [0.5, 0.6) is 0 Å². The first-order valence-corrected chi connectivity index (χ1v) is 6.89. The first kappa shape index (κ1) is 12.9. The average Bonchev–Trinajstić information content (AvgIpc) is 2.81. The van der Waals surface area contributed by atoms with Crippen molar-refractivity contribution in [2.45, 2.75) is 13.3 Å². The minimum atomic E-state index is 0.0721. The lowest BCUT2D eigenvalue weighted by Gasteiger charge is -2.21. The minimum Gasteiger partial charge on any atom is -0.280 e. The molecule has 1 aliphatic heterocycles. The number of rotatable bonds is 2. The van der Waals surface area contributed by atoms with E-state index < -0.39 is 0 Å². The van der Waals surface area contributed by atoms with Gasteiger partial charge in [0.25, 0.3) is 0 Å². The number of hydrogen-bond acceptors (Lipinski definition) is 1. The molecule has 3 heteroatoms. The number of halogens is 1. The summed E-state index contributed by atoms with van der Waals surface area (Å²) in [4.78, 5) is 13.9. The van der Waals surface area contributed by atoms with Crippen LogP contribution >= 0.6 is 11.6 Å². The smallest absolute Gasteiger partial charge is 0.235 e. The second kappa shape index (κ2) is 5.14. The number of amides is 1. The molecule has 0 fully saturated rings. The largest absolute Gasteiger partial charge is 0.280 e. The summed E-state index contributed by atoms with van der Waals surface area (Å²) in [6.45, 7) is 2.05. The highest BCUT2D eigenvalue weighted by Gasteiger charge is 2.26. The normalized spacial score (nSPS) is 14.6. The molecular formula is C17H14ClNO. The zero-order valence-corrected chi connectivity index (χ0v) is 11.9. The van der Waals surface area contributed by atoms with E-state index in [2.05, 4.69) is 12.1 Å². The molecule has 0 N–H and O–H groups in total. The first-order valence-electron chi connectivity index (χ1n) is 6.51. The van der Waals surface area contributed by atoms with Crippen molar-refractivity contribution in [3.05, 3.63) is 70.8 Å². The second-order valence-electron chi connectivity index (χ2n) is 4.87. The number of hydrogen-bond donors (Lipinski definition) is 0. The molecule has 0 spiro atoms. The average molecular weight is 284 g/mol. The number of anilines is 1. The van der Waals surface area contributed by atoms with Crippen LogP contribution < -0.4 is 4.90 Å². The quantitative estimate of drug-likeness (QED) is 0.798. The van der Waals surface area contributed by atoms with Crippen LogP contribution in [0.3, 0.4) is 0 Å². The maximum atomic E-state index is 12.2. The summed E-state index contributed by atoms with van der Waals surface area (Å²) in [5, 5.41) is 0.630. The van der Waals surface area contributed by atoms with Gasteiger partial charge in [0.05, 0.1) is 11.4 Å². The molecule has 0 bridgehead atoms. The second-order valence-corrected chi connectivity index (χ2v) is 5.30. The van der Waals surface area contributed by atoms with Gasteiger partial charge in [0, 0.05) is 11.4 Å². The molecule has 1 heterocycles. The van der Waals surface area contributed by atoms with Gasteiger partial charge in [-0.05, 0) is 30.7 Å². The number of carbonyl (C=O) groups is 1. The van der Waals surface area contributed by atoms with Crippen LogP contribution in [0.2, 0.25) is 5.02 Å². The van der Waals surface area contributed by atoms with E-state index in [0.717, 1.165) is 16.9 Å². The van der Waals surface area contributed by atoms with Crippen LogP contribution in [0.25, 0.3) is 5.70 Å². The lowest BCUT2D eigenvalue weighted by Crippen LogP contribution is -2.23. The Morgan fingerprint density at radius 2 is 1.85 bits per heavy atom. The van der Waals surface area contributed by atoms with Gasteiger partial charge in [0.15, 0.2) is 0 Å². The summed E-state index contributed by atoms with van der Waals surface area (Å²) in [5.41, 5.74) is 3.98. The van der Waals surface area contributed by atoms with E-state index >= 15 is 0 Å². The Hall–Kier alpha value is -2.06. The number of benzene rings is 2. The monoisotopic (exact) mass is 283 g/mol. The maximum Gasteiger partial charge on any atom is 0.235 e. The standard InChI is InChI=1S/C17H14ClNO/c1-12-5-7-13(8-6-12)16-9-10-17(20)19(16)15-4-2-3-14(18)11-15/h2-9,11H,10H2,1H3. The highest BCUT2D eigenvalue weighted by Crippen LogP contribution is 2.33. The highest BCUT2D eigenvalue weighted by molar-refractivity contribution is 6.31. The van der Waals surface area contributed by atoms with Crippen LogP contribution in [-0.2, 0) is 4.79 Å². The van der Waals surface area contributed by atoms with Gasteiger partial charge in [-0.3, -0.25) is 9.69 Å². The van der Waals surface area contributed by atoms with Crippen LogP contribution in [0.1, 0.15) is 17.5 Å². The predicted molar refractivity (Wildman–Crippen MR) is 82.7 cm³/mol. The van der Waals surface area contributed by atoms with Crippen molar-refractivity contribution < 1.29 is 4.79 Å². The number of nitrogens with zero attached hydrogens (tertiary/aromatic N) is 1. The summed E-state index contributed by atoms with van der Waals surface area (Å²) in [5.74, 6) is 0.0721. The molecule has 1 aliphatic rings. The third kappa shape index (κ3) is 2.35. The van der Waals surface area contributed by atoms with Crippen molar-refractivity contribution in [1.29, 1.82) is 0 Å². The fraction of sp³-hybridized carbons (Fsp3) is 0.118. The van der Waals surface area contributed by atoms with Crippen molar-refractivity contribution in [2.75, 3.05) is 4.90 Å². The molecule has 20 heavy (non-hydrogen) atoms. The van der Waals surface area contributed by atoms with E-state index in [0.29, 0.717) is 11.4 Å². The lowest BCUT2D eigenvalue weighted by atomic mass is 10.1. The van der Waals surface area contributed by atoms with Crippen LogP contribution in [0, 0.1) is 6.92 Å². The molecule has 3 rings (SSSR count). The Labute approximate surface area is 123 Å². The molecule has 0 saturated heterocycles. The van der Waals surface area contributed by atoms with E-state index in [9.17, 15) is 4.79 Å². The molecule has 2 nitrogen and oxygen atoms in total. The van der Waals surface area contributed by atoms with Gasteiger partial charge in [-0.25, -0.2) is 0 Å². The molecule has 100 valence electrons. The fourth-order valence-corrected chi connectivity index (χ4v) is 2.55. The SMILES string of the molecule is Cc1ccc(C2=CCC(=O)N2c2cccc(Cl)c2)cc1. The van der Waals surface area contributed by atoms with Crippen molar-refractivity contribution in [3.8, 4) is 0 Å². The zero-order chi connectivity index (χ0) is 14.1. The van der Waals surface area contributed by atoms with Gasteiger partial charge < -0.3 is 0 Å². The van der Waals surface area contributed by atoms with E-state index in [1.165, 1.54) is 5.56 Å². The summed E-state index contributed by atoms with van der Waals surface area (Å²) in [6, 6.07) is 15.6. The predicted octanol–water partition coefficient (Wildman–Crippen LogP) is 4.43. The van der Waals surface area contributed by atoms with Gasteiger partial charge in [0.2, 0.25) is 5.91 Å². The number of aryl methyl sites for hydroxylation is 1. The Balaban J connectivity index is 2.02. The topological polar surface area (TPSA) is 20.3 Å². The zero-order valence-electron chi connectivity index (χ0n) is 11.1. The van der Waals surface area contributed by atoms with Crippen molar-refractivity contribution >= 4 is 28.9 Å². The van der Waals surface area contributed by atoms with Crippen molar-refractivity contribution in [3.63, 3.8) is 0 Å². The molecule has 0 aromatic heterocycles. The maximum absolute atomic E-state index is 12.2. The van der Waals surface area contributed by atoms with Gasteiger partial charge in [-0.1, -0.05) is 53.6 Å². The van der Waals surface area contributed by atoms with E-state index in [-0.39, 0.29) is 5.91 Å². The Morgan fingerprint density at radius 1 is 1.10 bits per heavy atom. The fourth-order valence-electron chi connectivity index (χ4n) is 2.37. The van der Waals surface area contributed by atoms with Gasteiger partial charge in [-0.2, -0.15) is 0 Å². The van der Waals surface area contributed by atoms with Crippen molar-refractivity contribution in [1.82, 2.24) is 0 Å². The van der Waals surface area contributed by atoms with Crippen molar-refractivity contribution in [2.24, 2.45) is 0 Å². The van der Waals surface area contributed by atoms with Gasteiger partial charge >= 0.3 is 0 Å². The Bertz CT molecular complexity index is 688. The molecule has 0 atom stereocenters. The molecule has 0 saturated carbocycles. The van der Waals surface area contributed by atoms with Gasteiger partial charge in [-0.15, -0.1) is 0 Å². The molecule has 0 unspecified atom stereocenters. The molecule has 0 radical (unpaired) electrons. The molecule has 0 aliphatic carbocycles. The van der Waals surface area contributed by atoms with Crippen LogP contribution in [0.15, 0.2) is 54.6 Å².